The molecule has 0 radical (unpaired) electrons. The predicted octanol–water partition coefficient (Wildman–Crippen LogP) is 2.24. The minimum Gasteiger partial charge on any atom is -0.343 e. The Hall–Kier alpha value is -1.42. The van der Waals surface area contributed by atoms with Crippen molar-refractivity contribution in [2.24, 2.45) is 0 Å². The summed E-state index contributed by atoms with van der Waals surface area (Å²) in [4.78, 5) is 1.65. The highest BCUT2D eigenvalue weighted by atomic mass is 35.5. The zero-order chi connectivity index (χ0) is 17.6. The molecule has 3 rings (SSSR count). The van der Waals surface area contributed by atoms with Crippen LogP contribution in [-0.4, -0.2) is 32.7 Å². The molecule has 3 N–H and O–H groups in total. The lowest BCUT2D eigenvalue weighted by molar-refractivity contribution is -0.894. The molecular weight excluding hydrogens is 335 g/mol. The molecule has 134 valence electrons. The zero-order valence-electron chi connectivity index (χ0n) is 14.8. The van der Waals surface area contributed by atoms with Gasteiger partial charge in [-0.15, -0.1) is 0 Å². The molecule has 0 unspecified atom stereocenters. The van der Waals surface area contributed by atoms with Gasteiger partial charge in [0, 0.05) is 30.2 Å². The summed E-state index contributed by atoms with van der Waals surface area (Å²) in [5.74, 6) is 0.102. The van der Waals surface area contributed by atoms with E-state index >= 15 is 0 Å². The van der Waals surface area contributed by atoms with Gasteiger partial charge in [0.05, 0.1) is 32.7 Å². The molecule has 0 spiro atoms. The van der Waals surface area contributed by atoms with Crippen LogP contribution in [0.1, 0.15) is 36.3 Å². The molecule has 1 aliphatic heterocycles. The number of rotatable bonds is 6. The Morgan fingerprint density at radius 2 is 1.60 bits per heavy atom. The van der Waals surface area contributed by atoms with Crippen LogP contribution in [0.4, 0.5) is 4.39 Å². The fourth-order valence-corrected chi connectivity index (χ4v) is 3.91. The van der Waals surface area contributed by atoms with Gasteiger partial charge in [-0.25, -0.2) is 4.39 Å². The van der Waals surface area contributed by atoms with Crippen LogP contribution in [0.25, 0.3) is 0 Å². The highest BCUT2D eigenvalue weighted by Crippen LogP contribution is 2.28. The summed E-state index contributed by atoms with van der Waals surface area (Å²) < 4.78 is 13.3. The molecule has 1 aliphatic rings. The molecule has 0 aliphatic carbocycles. The molecule has 2 aromatic rings. The lowest BCUT2D eigenvalue weighted by Crippen LogP contribution is -3.12. The molecule has 1 saturated heterocycles. The maximum atomic E-state index is 13.3. The van der Waals surface area contributed by atoms with Crippen molar-refractivity contribution in [3.8, 4) is 0 Å². The smallest absolute Gasteiger partial charge is 0.123 e. The van der Waals surface area contributed by atoms with E-state index < -0.39 is 0 Å². The second-order valence-corrected chi connectivity index (χ2v) is 7.70. The van der Waals surface area contributed by atoms with Crippen LogP contribution in [0, 0.1) is 5.82 Å². The predicted molar refractivity (Wildman–Crippen MR) is 101 cm³/mol. The van der Waals surface area contributed by atoms with E-state index in [1.807, 2.05) is 24.3 Å². The van der Waals surface area contributed by atoms with Gasteiger partial charge in [-0.05, 0) is 35.4 Å². The Labute approximate surface area is 155 Å². The quantitative estimate of drug-likeness (QED) is 0.786. The molecule has 0 amide bonds. The number of benzene rings is 2. The monoisotopic (exact) mass is 362 g/mol. The molecule has 25 heavy (non-hydrogen) atoms. The van der Waals surface area contributed by atoms with Crippen molar-refractivity contribution in [2.45, 2.75) is 31.2 Å². The summed E-state index contributed by atoms with van der Waals surface area (Å²) in [6, 6.07) is 15.8. The average molecular weight is 363 g/mol. The SMILES string of the molecule is C[NH+]1CCC([NH2+]CC[C@@H](c2ccc(F)cc2)c2ccc(Cl)cc2)CC1. The van der Waals surface area contributed by atoms with Gasteiger partial charge < -0.3 is 10.2 Å². The summed E-state index contributed by atoms with van der Waals surface area (Å²) in [6.45, 7) is 3.65. The van der Waals surface area contributed by atoms with Gasteiger partial charge in [0.2, 0.25) is 0 Å². The molecular formula is C21H28ClFN2+2. The lowest BCUT2D eigenvalue weighted by atomic mass is 9.88. The Balaban J connectivity index is 1.66. The Morgan fingerprint density at radius 1 is 1.04 bits per heavy atom. The Kier molecular flexibility index (Phi) is 6.46. The summed E-state index contributed by atoms with van der Waals surface area (Å²) in [6.07, 6.45) is 3.65. The van der Waals surface area contributed by atoms with E-state index in [0.29, 0.717) is 0 Å². The van der Waals surface area contributed by atoms with Crippen molar-refractivity contribution < 1.29 is 14.6 Å². The first-order valence-electron chi connectivity index (χ1n) is 9.27. The van der Waals surface area contributed by atoms with Gasteiger partial charge in [-0.3, -0.25) is 0 Å². The van der Waals surface area contributed by atoms with Crippen LogP contribution in [0.5, 0.6) is 0 Å². The Morgan fingerprint density at radius 3 is 2.20 bits per heavy atom. The molecule has 4 heteroatoms. The average Bonchev–Trinajstić information content (AvgIpc) is 2.62. The highest BCUT2D eigenvalue weighted by molar-refractivity contribution is 6.30. The topological polar surface area (TPSA) is 21.1 Å². The van der Waals surface area contributed by atoms with E-state index in [4.69, 9.17) is 11.6 Å². The van der Waals surface area contributed by atoms with Crippen molar-refractivity contribution in [3.63, 3.8) is 0 Å². The number of hydrogen-bond donors (Lipinski definition) is 2. The maximum absolute atomic E-state index is 13.3. The first-order valence-corrected chi connectivity index (χ1v) is 9.65. The minimum absolute atomic E-state index is 0.181. The van der Waals surface area contributed by atoms with E-state index in [9.17, 15) is 4.39 Å². The number of nitrogens with two attached hydrogens (primary N) is 1. The highest BCUT2D eigenvalue weighted by Gasteiger charge is 2.22. The lowest BCUT2D eigenvalue weighted by Gasteiger charge is -2.25. The van der Waals surface area contributed by atoms with Crippen LogP contribution >= 0.6 is 11.6 Å². The zero-order valence-corrected chi connectivity index (χ0v) is 15.6. The van der Waals surface area contributed by atoms with Gasteiger partial charge in [-0.1, -0.05) is 35.9 Å². The third kappa shape index (κ3) is 5.27. The molecule has 0 saturated carbocycles. The van der Waals surface area contributed by atoms with Crippen molar-refractivity contribution in [1.29, 1.82) is 0 Å². The number of quaternary nitrogens is 2. The number of piperidine rings is 1. The van der Waals surface area contributed by atoms with E-state index in [2.05, 4.69) is 24.5 Å². The standard InChI is InChI=1S/C21H26ClFN2/c1-25-14-11-20(12-15-25)24-13-10-21(16-2-6-18(22)7-3-16)17-4-8-19(23)9-5-17/h2-9,20-21,24H,10-15H2,1H3/p+2/t21-/m1/s1. The second kappa shape index (κ2) is 8.79. The fraction of sp³-hybridized carbons (Fsp3) is 0.429. The number of nitrogens with one attached hydrogen (secondary N) is 1. The summed E-state index contributed by atoms with van der Waals surface area (Å²) in [5, 5.41) is 3.26. The molecule has 1 heterocycles. The van der Waals surface area contributed by atoms with Crippen molar-refractivity contribution in [1.82, 2.24) is 0 Å². The van der Waals surface area contributed by atoms with Crippen LogP contribution in [-0.2, 0) is 0 Å². The van der Waals surface area contributed by atoms with Crippen LogP contribution < -0.4 is 10.2 Å². The first kappa shape index (κ1) is 18.4. The van der Waals surface area contributed by atoms with Crippen molar-refractivity contribution in [2.75, 3.05) is 26.7 Å². The molecule has 2 nitrogen and oxygen atoms in total. The van der Waals surface area contributed by atoms with Gasteiger partial charge >= 0.3 is 0 Å². The summed E-state index contributed by atoms with van der Waals surface area (Å²) in [5.41, 5.74) is 2.42. The third-order valence-corrected chi connectivity index (χ3v) is 5.64. The number of likely N-dealkylation sites (tertiary alicyclic amines) is 1. The van der Waals surface area contributed by atoms with Crippen molar-refractivity contribution in [3.05, 3.63) is 70.5 Å². The largest absolute Gasteiger partial charge is 0.343 e. The third-order valence-electron chi connectivity index (χ3n) is 5.38. The first-order chi connectivity index (χ1) is 12.1. The number of hydrogen-bond acceptors (Lipinski definition) is 0. The Bertz CT molecular complexity index is 603. The molecule has 0 aromatic heterocycles. The minimum atomic E-state index is -0.181. The van der Waals surface area contributed by atoms with Gasteiger partial charge in [-0.2, -0.15) is 0 Å². The summed E-state index contributed by atoms with van der Waals surface area (Å²) in [7, 11) is 2.28. The van der Waals surface area contributed by atoms with Crippen molar-refractivity contribution >= 4 is 11.6 Å². The second-order valence-electron chi connectivity index (χ2n) is 7.26. The molecule has 2 aromatic carbocycles. The summed E-state index contributed by atoms with van der Waals surface area (Å²) >= 11 is 6.04. The van der Waals surface area contributed by atoms with Crippen LogP contribution in [0.2, 0.25) is 5.02 Å². The van der Waals surface area contributed by atoms with E-state index in [-0.39, 0.29) is 11.7 Å². The number of halogens is 2. The molecule has 1 fully saturated rings. The van der Waals surface area contributed by atoms with Gasteiger partial charge in [0.15, 0.2) is 0 Å². The normalized spacial score (nSPS) is 21.9. The van der Waals surface area contributed by atoms with Crippen LogP contribution in [0.3, 0.4) is 0 Å². The van der Waals surface area contributed by atoms with E-state index in [0.717, 1.165) is 24.0 Å². The van der Waals surface area contributed by atoms with Crippen LogP contribution in [0.15, 0.2) is 48.5 Å². The van der Waals surface area contributed by atoms with E-state index in [1.165, 1.54) is 37.1 Å². The van der Waals surface area contributed by atoms with Gasteiger partial charge in [0.1, 0.15) is 5.82 Å². The van der Waals surface area contributed by atoms with Gasteiger partial charge in [0.25, 0.3) is 0 Å². The molecule has 0 bridgehead atoms. The van der Waals surface area contributed by atoms with E-state index in [1.54, 1.807) is 17.0 Å². The maximum Gasteiger partial charge on any atom is 0.123 e. The fourth-order valence-electron chi connectivity index (χ4n) is 3.78. The molecule has 1 atom stereocenters.